The van der Waals surface area contributed by atoms with Gasteiger partial charge in [-0.15, -0.1) is 0 Å². The van der Waals surface area contributed by atoms with Crippen molar-refractivity contribution in [3.05, 3.63) is 65.3 Å². The summed E-state index contributed by atoms with van der Waals surface area (Å²) in [6.07, 6.45) is 6.50. The molecule has 36 heavy (non-hydrogen) atoms. The highest BCUT2D eigenvalue weighted by atomic mass is 35.5. The van der Waals surface area contributed by atoms with Crippen molar-refractivity contribution >= 4 is 38.5 Å². The minimum atomic E-state index is -4.00. The smallest absolute Gasteiger partial charge is 0.269 e. The zero-order valence-corrected chi connectivity index (χ0v) is 21.3. The third-order valence-electron chi connectivity index (χ3n) is 6.44. The summed E-state index contributed by atoms with van der Waals surface area (Å²) in [7, 11) is -4.00. The normalized spacial score (nSPS) is 20.5. The molecule has 11 heteroatoms. The number of nitrogens with one attached hydrogen (secondary N) is 1. The van der Waals surface area contributed by atoms with Crippen LogP contribution in [0.5, 0.6) is 0 Å². The highest BCUT2D eigenvalue weighted by molar-refractivity contribution is 7.90. The van der Waals surface area contributed by atoms with E-state index < -0.39 is 21.4 Å². The second-order valence-electron chi connectivity index (χ2n) is 9.51. The lowest BCUT2D eigenvalue weighted by Crippen LogP contribution is -2.38. The summed E-state index contributed by atoms with van der Waals surface area (Å²) < 4.78 is 42.7. The Morgan fingerprint density at radius 3 is 2.69 bits per heavy atom. The lowest BCUT2D eigenvalue weighted by atomic mass is 9.83. The number of aryl methyl sites for hydroxylation is 1. The predicted molar refractivity (Wildman–Crippen MR) is 136 cm³/mol. The highest BCUT2D eigenvalue weighted by Crippen LogP contribution is 2.34. The minimum absolute atomic E-state index is 0.0139. The first kappa shape index (κ1) is 24.6. The summed E-state index contributed by atoms with van der Waals surface area (Å²) in [5.41, 5.74) is 0.592. The van der Waals surface area contributed by atoms with Gasteiger partial charge in [-0.1, -0.05) is 29.3 Å². The van der Waals surface area contributed by atoms with Gasteiger partial charge < -0.3 is 10.4 Å². The molecule has 0 amide bonds. The van der Waals surface area contributed by atoms with Crippen LogP contribution in [0.2, 0.25) is 5.02 Å². The van der Waals surface area contributed by atoms with Crippen LogP contribution in [-0.4, -0.2) is 44.1 Å². The molecule has 0 saturated heterocycles. The zero-order chi connectivity index (χ0) is 25.7. The van der Waals surface area contributed by atoms with Crippen molar-refractivity contribution in [3.8, 4) is 11.4 Å². The topological polar surface area (TPSA) is 110 Å². The Labute approximate surface area is 213 Å². The quantitative estimate of drug-likeness (QED) is 0.377. The average molecular weight is 530 g/mol. The molecule has 2 atom stereocenters. The number of fused-ring (bicyclic) bond motifs is 1. The third-order valence-corrected chi connectivity index (χ3v) is 8.31. The van der Waals surface area contributed by atoms with Crippen molar-refractivity contribution in [3.63, 3.8) is 0 Å². The Kier molecular flexibility index (Phi) is 6.22. The van der Waals surface area contributed by atoms with Gasteiger partial charge in [0.2, 0.25) is 0 Å². The van der Waals surface area contributed by atoms with Crippen LogP contribution < -0.4 is 5.32 Å². The summed E-state index contributed by atoms with van der Waals surface area (Å²) in [6, 6.07) is 7.91. The maximum atomic E-state index is 14.7. The van der Waals surface area contributed by atoms with E-state index in [0.717, 1.165) is 28.6 Å². The van der Waals surface area contributed by atoms with Crippen LogP contribution in [0.1, 0.15) is 38.2 Å². The number of hydrogen-bond acceptors (Lipinski definition) is 7. The van der Waals surface area contributed by atoms with Gasteiger partial charge in [0.25, 0.3) is 10.0 Å². The number of aromatic nitrogens is 4. The van der Waals surface area contributed by atoms with Crippen molar-refractivity contribution in [2.24, 2.45) is 0 Å². The first-order chi connectivity index (χ1) is 17.0. The van der Waals surface area contributed by atoms with Crippen molar-refractivity contribution in [2.75, 3.05) is 5.32 Å². The van der Waals surface area contributed by atoms with Crippen LogP contribution in [0, 0.1) is 12.7 Å². The number of nitrogens with zero attached hydrogens (tertiary/aromatic N) is 4. The second kappa shape index (κ2) is 9.10. The van der Waals surface area contributed by atoms with Gasteiger partial charge in [-0.3, -0.25) is 0 Å². The van der Waals surface area contributed by atoms with Crippen LogP contribution in [-0.2, 0) is 10.0 Å². The maximum absolute atomic E-state index is 14.7. The number of hydrogen-bond donors (Lipinski definition) is 2. The van der Waals surface area contributed by atoms with Gasteiger partial charge in [-0.05, 0) is 57.7 Å². The van der Waals surface area contributed by atoms with Crippen LogP contribution in [0.25, 0.3) is 22.4 Å². The van der Waals surface area contributed by atoms with E-state index >= 15 is 0 Å². The van der Waals surface area contributed by atoms with Gasteiger partial charge in [-0.2, -0.15) is 0 Å². The summed E-state index contributed by atoms with van der Waals surface area (Å²) >= 11 is 6.19. The van der Waals surface area contributed by atoms with Crippen molar-refractivity contribution < 1.29 is 17.9 Å². The molecule has 5 rings (SSSR count). The molecule has 188 valence electrons. The molecule has 2 N–H and O–H groups in total. The number of benzene rings is 1. The third kappa shape index (κ3) is 4.68. The lowest BCUT2D eigenvalue weighted by Gasteiger charge is -2.34. The molecule has 8 nitrogen and oxygen atoms in total. The molecule has 1 fully saturated rings. The van der Waals surface area contributed by atoms with Gasteiger partial charge in [0.05, 0.1) is 21.7 Å². The number of aliphatic hydroxyl groups is 1. The Bertz CT molecular complexity index is 1550. The van der Waals surface area contributed by atoms with Gasteiger partial charge in [0.15, 0.2) is 23.1 Å². The molecule has 1 aliphatic carbocycles. The largest absolute Gasteiger partial charge is 0.390 e. The van der Waals surface area contributed by atoms with E-state index in [1.54, 1.807) is 25.1 Å². The number of halogens is 2. The van der Waals surface area contributed by atoms with Crippen LogP contribution in [0.3, 0.4) is 0 Å². The van der Waals surface area contributed by atoms with E-state index in [0.29, 0.717) is 28.8 Å². The highest BCUT2D eigenvalue weighted by Gasteiger charge is 2.31. The average Bonchev–Trinajstić information content (AvgIpc) is 3.20. The molecule has 0 spiro atoms. The van der Waals surface area contributed by atoms with Crippen molar-refractivity contribution in [1.82, 2.24) is 18.9 Å². The zero-order valence-electron chi connectivity index (χ0n) is 19.7. The second-order valence-corrected chi connectivity index (χ2v) is 11.8. The molecule has 0 radical (unpaired) electrons. The Morgan fingerprint density at radius 2 is 1.97 bits per heavy atom. The van der Waals surface area contributed by atoms with Crippen LogP contribution >= 0.6 is 11.6 Å². The van der Waals surface area contributed by atoms with Crippen molar-refractivity contribution in [1.29, 1.82) is 0 Å². The minimum Gasteiger partial charge on any atom is -0.390 e. The predicted octanol–water partition coefficient (Wildman–Crippen LogP) is 4.94. The van der Waals surface area contributed by atoms with E-state index in [4.69, 9.17) is 11.6 Å². The fraction of sp³-hybridized carbons (Fsp3) is 0.320. The molecule has 1 saturated carbocycles. The van der Waals surface area contributed by atoms with E-state index in [-0.39, 0.29) is 28.2 Å². The van der Waals surface area contributed by atoms with Gasteiger partial charge >= 0.3 is 0 Å². The standard InChI is InChI=1S/C25H25ClFN5O3S/c1-15-5-7-18(8-6-15)36(34,35)32-14-20(19-10-16(26)12-29-24(19)32)22-28-13-21(27)23(31-22)30-17-4-3-9-25(2,33)11-17/h5-8,10,12-14,17,33H,3-4,9,11H2,1-2H3,(H,28,30,31). The fourth-order valence-corrected chi connectivity index (χ4v) is 6.10. The molecule has 3 aromatic heterocycles. The van der Waals surface area contributed by atoms with Crippen LogP contribution in [0.15, 0.2) is 53.8 Å². The van der Waals surface area contributed by atoms with Crippen LogP contribution in [0.4, 0.5) is 10.2 Å². The molecule has 1 aromatic carbocycles. The van der Waals surface area contributed by atoms with E-state index in [1.807, 2.05) is 6.92 Å². The molecule has 1 aliphatic rings. The molecule has 2 unspecified atom stereocenters. The van der Waals surface area contributed by atoms with E-state index in [1.165, 1.54) is 24.5 Å². The molecule has 4 aromatic rings. The summed E-state index contributed by atoms with van der Waals surface area (Å²) in [4.78, 5) is 12.9. The molecule has 0 aliphatic heterocycles. The van der Waals surface area contributed by atoms with Gasteiger partial charge in [0, 0.05) is 29.4 Å². The summed E-state index contributed by atoms with van der Waals surface area (Å²) in [6.45, 7) is 3.64. The molecule has 3 heterocycles. The molecular weight excluding hydrogens is 505 g/mol. The lowest BCUT2D eigenvalue weighted by molar-refractivity contribution is 0.0182. The van der Waals surface area contributed by atoms with Gasteiger partial charge in [-0.25, -0.2) is 31.7 Å². The van der Waals surface area contributed by atoms with E-state index in [2.05, 4.69) is 20.3 Å². The Hall–Kier alpha value is -3.08. The first-order valence-corrected chi connectivity index (χ1v) is 13.4. The monoisotopic (exact) mass is 529 g/mol. The van der Waals surface area contributed by atoms with Crippen molar-refractivity contribution in [2.45, 2.75) is 56.1 Å². The first-order valence-electron chi connectivity index (χ1n) is 11.5. The molecular formula is C25H25ClFN5O3S. The molecule has 0 bridgehead atoms. The number of rotatable bonds is 5. The maximum Gasteiger partial charge on any atom is 0.269 e. The van der Waals surface area contributed by atoms with E-state index in [9.17, 15) is 17.9 Å². The number of anilines is 1. The Balaban J connectivity index is 1.60. The van der Waals surface area contributed by atoms with Gasteiger partial charge in [0.1, 0.15) is 0 Å². The SMILES string of the molecule is Cc1ccc(S(=O)(=O)n2cc(-c3ncc(F)c(NC4CCCC(C)(O)C4)n3)c3cc(Cl)cnc32)cc1. The summed E-state index contributed by atoms with van der Waals surface area (Å²) in [5.74, 6) is -0.537. The summed E-state index contributed by atoms with van der Waals surface area (Å²) in [5, 5.41) is 14.2. The fourth-order valence-electron chi connectivity index (χ4n) is 4.62. The number of pyridine rings is 1. The Morgan fingerprint density at radius 1 is 1.22 bits per heavy atom.